The number of rotatable bonds is 5. The van der Waals surface area contributed by atoms with E-state index in [9.17, 15) is 0 Å². The van der Waals surface area contributed by atoms with Gasteiger partial charge in [0.25, 0.3) is 0 Å². The fourth-order valence-electron chi connectivity index (χ4n) is 3.16. The monoisotopic (exact) mass is 369 g/mol. The molecule has 0 spiro atoms. The minimum Gasteiger partial charge on any atom is -0.379 e. The predicted octanol–water partition coefficient (Wildman–Crippen LogP) is 3.11. The molecular formula is C19H23N5OS. The van der Waals surface area contributed by atoms with Crippen LogP contribution >= 0.6 is 11.3 Å². The molecule has 0 aromatic carbocycles. The highest BCUT2D eigenvalue weighted by Crippen LogP contribution is 2.34. The molecular weight excluding hydrogens is 346 g/mol. The number of nitrogens with one attached hydrogen (secondary N) is 1. The number of nitrogens with zero attached hydrogens (tertiary/aromatic N) is 4. The number of aryl methyl sites for hydroxylation is 2. The number of thiophene rings is 1. The van der Waals surface area contributed by atoms with Crippen molar-refractivity contribution in [2.45, 2.75) is 13.8 Å². The number of anilines is 1. The molecule has 0 amide bonds. The topological polar surface area (TPSA) is 63.2 Å². The Hall–Kier alpha value is -2.09. The van der Waals surface area contributed by atoms with Crippen molar-refractivity contribution in [1.82, 2.24) is 19.9 Å². The number of hydrogen-bond donors (Lipinski definition) is 1. The lowest BCUT2D eigenvalue weighted by molar-refractivity contribution is 0.0398. The van der Waals surface area contributed by atoms with E-state index in [-0.39, 0.29) is 0 Å². The lowest BCUT2D eigenvalue weighted by atomic mass is 10.2. The van der Waals surface area contributed by atoms with Gasteiger partial charge in [0.15, 0.2) is 5.82 Å². The van der Waals surface area contributed by atoms with Crippen LogP contribution in [0.4, 0.5) is 5.82 Å². The summed E-state index contributed by atoms with van der Waals surface area (Å²) in [6.07, 6.45) is 3.58. The van der Waals surface area contributed by atoms with Gasteiger partial charge in [0, 0.05) is 49.0 Å². The van der Waals surface area contributed by atoms with Crippen molar-refractivity contribution in [3.8, 4) is 11.4 Å². The molecule has 0 bridgehead atoms. The molecule has 1 fully saturated rings. The number of aromatic nitrogens is 3. The van der Waals surface area contributed by atoms with E-state index in [0.717, 1.165) is 66.8 Å². The Bertz CT molecular complexity index is 890. The van der Waals surface area contributed by atoms with Gasteiger partial charge in [-0.3, -0.25) is 9.88 Å². The van der Waals surface area contributed by atoms with Crippen LogP contribution in [-0.2, 0) is 4.74 Å². The van der Waals surface area contributed by atoms with Crippen LogP contribution in [0.5, 0.6) is 0 Å². The Kier molecular flexibility index (Phi) is 5.10. The van der Waals surface area contributed by atoms with E-state index >= 15 is 0 Å². The highest BCUT2D eigenvalue weighted by Gasteiger charge is 2.16. The van der Waals surface area contributed by atoms with Gasteiger partial charge in [-0.2, -0.15) is 0 Å². The average Bonchev–Trinajstić information content (AvgIpc) is 2.97. The number of fused-ring (bicyclic) bond motifs is 1. The SMILES string of the molecule is Cc1sc2nc(-c3cccnc3)nc(NCCN3CCOCC3)c2c1C. The molecule has 4 rings (SSSR count). The quantitative estimate of drug-likeness (QED) is 0.746. The van der Waals surface area contributed by atoms with Crippen LogP contribution in [0.1, 0.15) is 10.4 Å². The van der Waals surface area contributed by atoms with Crippen molar-refractivity contribution in [2.75, 3.05) is 44.7 Å². The van der Waals surface area contributed by atoms with Crippen LogP contribution in [0.3, 0.4) is 0 Å². The molecule has 3 aromatic heterocycles. The number of ether oxygens (including phenoxy) is 1. The summed E-state index contributed by atoms with van der Waals surface area (Å²) in [6, 6.07) is 3.92. The molecule has 4 heterocycles. The maximum absolute atomic E-state index is 5.42. The molecule has 3 aromatic rings. The fourth-order valence-corrected chi connectivity index (χ4v) is 4.19. The maximum Gasteiger partial charge on any atom is 0.164 e. The smallest absolute Gasteiger partial charge is 0.164 e. The Balaban J connectivity index is 1.62. The first kappa shape index (κ1) is 17.3. The van der Waals surface area contributed by atoms with Crippen LogP contribution in [0, 0.1) is 13.8 Å². The van der Waals surface area contributed by atoms with E-state index in [4.69, 9.17) is 14.7 Å². The summed E-state index contributed by atoms with van der Waals surface area (Å²) in [5.74, 6) is 1.64. The van der Waals surface area contributed by atoms with Crippen LogP contribution in [0.25, 0.3) is 21.6 Å². The van der Waals surface area contributed by atoms with Gasteiger partial charge < -0.3 is 10.1 Å². The first-order chi connectivity index (χ1) is 12.7. The van der Waals surface area contributed by atoms with Crippen LogP contribution < -0.4 is 5.32 Å². The van der Waals surface area contributed by atoms with Gasteiger partial charge >= 0.3 is 0 Å². The summed E-state index contributed by atoms with van der Waals surface area (Å²) >= 11 is 1.72. The highest BCUT2D eigenvalue weighted by molar-refractivity contribution is 7.18. The third-order valence-electron chi connectivity index (χ3n) is 4.77. The molecule has 1 N–H and O–H groups in total. The van der Waals surface area contributed by atoms with Gasteiger partial charge in [-0.25, -0.2) is 9.97 Å². The molecule has 6 nitrogen and oxygen atoms in total. The van der Waals surface area contributed by atoms with Crippen molar-refractivity contribution < 1.29 is 4.74 Å². The van der Waals surface area contributed by atoms with Gasteiger partial charge in [0.2, 0.25) is 0 Å². The second-order valence-corrected chi connectivity index (χ2v) is 7.68. The largest absolute Gasteiger partial charge is 0.379 e. The zero-order valence-electron chi connectivity index (χ0n) is 15.2. The highest BCUT2D eigenvalue weighted by atomic mass is 32.1. The Morgan fingerprint density at radius 2 is 2.08 bits per heavy atom. The minimum atomic E-state index is 0.723. The van der Waals surface area contributed by atoms with E-state index in [2.05, 4.69) is 29.0 Å². The van der Waals surface area contributed by atoms with Crippen molar-refractivity contribution in [1.29, 1.82) is 0 Å². The van der Waals surface area contributed by atoms with Crippen molar-refractivity contribution in [2.24, 2.45) is 0 Å². The van der Waals surface area contributed by atoms with Crippen LogP contribution in [-0.4, -0.2) is 59.2 Å². The number of pyridine rings is 1. The van der Waals surface area contributed by atoms with E-state index in [1.807, 2.05) is 18.3 Å². The molecule has 0 radical (unpaired) electrons. The number of hydrogen-bond acceptors (Lipinski definition) is 7. The predicted molar refractivity (Wildman–Crippen MR) is 106 cm³/mol. The van der Waals surface area contributed by atoms with Crippen LogP contribution in [0.2, 0.25) is 0 Å². The van der Waals surface area contributed by atoms with E-state index in [1.165, 1.54) is 10.4 Å². The first-order valence-corrected chi connectivity index (χ1v) is 9.76. The third kappa shape index (κ3) is 3.56. The average molecular weight is 369 g/mol. The molecule has 26 heavy (non-hydrogen) atoms. The summed E-state index contributed by atoms with van der Waals surface area (Å²) in [4.78, 5) is 18.6. The summed E-state index contributed by atoms with van der Waals surface area (Å²) in [7, 11) is 0. The fraction of sp³-hybridized carbons (Fsp3) is 0.421. The van der Waals surface area contributed by atoms with Gasteiger partial charge in [-0.1, -0.05) is 0 Å². The van der Waals surface area contributed by atoms with E-state index < -0.39 is 0 Å². The number of morpholine rings is 1. The molecule has 0 saturated carbocycles. The molecule has 7 heteroatoms. The van der Waals surface area contributed by atoms with Gasteiger partial charge in [-0.05, 0) is 31.5 Å². The molecule has 0 aliphatic carbocycles. The van der Waals surface area contributed by atoms with Gasteiger partial charge in [0.05, 0.1) is 18.6 Å². The second kappa shape index (κ2) is 7.65. The summed E-state index contributed by atoms with van der Waals surface area (Å²) < 4.78 is 5.42. The zero-order chi connectivity index (χ0) is 17.9. The lowest BCUT2D eigenvalue weighted by Gasteiger charge is -2.26. The summed E-state index contributed by atoms with van der Waals surface area (Å²) in [6.45, 7) is 9.78. The lowest BCUT2D eigenvalue weighted by Crippen LogP contribution is -2.39. The van der Waals surface area contributed by atoms with E-state index in [0.29, 0.717) is 0 Å². The maximum atomic E-state index is 5.42. The van der Waals surface area contributed by atoms with Gasteiger partial charge in [-0.15, -0.1) is 11.3 Å². The van der Waals surface area contributed by atoms with Crippen LogP contribution in [0.15, 0.2) is 24.5 Å². The molecule has 1 aliphatic heterocycles. The Morgan fingerprint density at radius 1 is 1.23 bits per heavy atom. The zero-order valence-corrected chi connectivity index (χ0v) is 16.0. The Labute approximate surface area is 157 Å². The first-order valence-electron chi connectivity index (χ1n) is 8.94. The normalized spacial score (nSPS) is 15.5. The van der Waals surface area contributed by atoms with Crippen molar-refractivity contribution in [3.05, 3.63) is 35.0 Å². The molecule has 136 valence electrons. The molecule has 0 unspecified atom stereocenters. The molecule has 1 saturated heterocycles. The van der Waals surface area contributed by atoms with Gasteiger partial charge in [0.1, 0.15) is 10.6 Å². The summed E-state index contributed by atoms with van der Waals surface area (Å²) in [5, 5.41) is 4.69. The summed E-state index contributed by atoms with van der Waals surface area (Å²) in [5.41, 5.74) is 2.20. The molecule has 0 atom stereocenters. The van der Waals surface area contributed by atoms with E-state index in [1.54, 1.807) is 17.5 Å². The van der Waals surface area contributed by atoms with Crippen molar-refractivity contribution >= 4 is 27.4 Å². The third-order valence-corrected chi connectivity index (χ3v) is 5.87. The standard InChI is InChI=1S/C19H23N5OS/c1-13-14(2)26-19-16(13)18(21-6-7-24-8-10-25-11-9-24)22-17(23-19)15-4-3-5-20-12-15/h3-5,12H,6-11H2,1-2H3,(H,21,22,23). The molecule has 1 aliphatic rings. The second-order valence-electron chi connectivity index (χ2n) is 6.48. The van der Waals surface area contributed by atoms with Crippen molar-refractivity contribution in [3.63, 3.8) is 0 Å². The minimum absolute atomic E-state index is 0.723. The Morgan fingerprint density at radius 3 is 2.85 bits per heavy atom.